The molecule has 1 aliphatic heterocycles. The number of hydrogen-bond donors (Lipinski definition) is 0. The molecule has 0 bridgehead atoms. The van der Waals surface area contributed by atoms with Crippen LogP contribution in [0.5, 0.6) is 0 Å². The molecule has 5 aliphatic rings. The third kappa shape index (κ3) is 11.3. The van der Waals surface area contributed by atoms with Gasteiger partial charge in [-0.2, -0.15) is 6.67 Å². The van der Waals surface area contributed by atoms with Gasteiger partial charge < -0.3 is 9.80 Å². The summed E-state index contributed by atoms with van der Waals surface area (Å²) < 4.78 is 1.12. The van der Waals surface area contributed by atoms with Crippen LogP contribution in [-0.2, 0) is 13.5 Å². The summed E-state index contributed by atoms with van der Waals surface area (Å²) in [5.74, 6) is 0. The molecular formula is C54H71Cl2N2PRu. The van der Waals surface area contributed by atoms with Gasteiger partial charge in [0.25, 0.3) is 0 Å². The normalized spacial score (nSPS) is 19.1. The molecule has 1 heterocycles. The molecule has 0 radical (unpaired) electrons. The molecule has 3 saturated carbocycles. The second-order valence-corrected chi connectivity index (χ2v) is 27.8. The summed E-state index contributed by atoms with van der Waals surface area (Å²) in [5, 5.41) is 0. The number of anilines is 2. The molecular weight excluding hydrogens is 880 g/mol. The minimum atomic E-state index is -1.88. The van der Waals surface area contributed by atoms with Crippen molar-refractivity contribution in [2.45, 2.75) is 155 Å². The SMILES string of the molecule is C1CCC([PH+](C2CCCCC2)C2CCCCC2)CC1.Cc1cc(C)c(N2[CH-]N(c3c(C)cc(C)cc3C)CC2)c(C)c1.[Cl][Ru]([Cl])=[C]1C=C(c2ccccc2)c2ccccc21. The van der Waals surface area contributed by atoms with E-state index in [2.05, 4.69) is 119 Å². The van der Waals surface area contributed by atoms with Crippen LogP contribution in [0.3, 0.4) is 0 Å². The van der Waals surface area contributed by atoms with Gasteiger partial charge in [0.05, 0.1) is 17.0 Å². The molecule has 4 fully saturated rings. The van der Waals surface area contributed by atoms with E-state index in [9.17, 15) is 0 Å². The summed E-state index contributed by atoms with van der Waals surface area (Å²) in [6.07, 6.45) is 25.9. The second-order valence-electron chi connectivity index (χ2n) is 18.5. The van der Waals surface area contributed by atoms with Crippen LogP contribution in [0.25, 0.3) is 5.57 Å². The average molecular weight is 951 g/mol. The summed E-state index contributed by atoms with van der Waals surface area (Å²) >= 11 is -1.88. The third-order valence-electron chi connectivity index (χ3n) is 13.9. The van der Waals surface area contributed by atoms with Gasteiger partial charge in [0.2, 0.25) is 0 Å². The number of allylic oxidation sites excluding steroid dienone is 1. The Kier molecular flexibility index (Phi) is 16.7. The molecule has 4 aromatic rings. The first-order valence-corrected chi connectivity index (χ1v) is 30.3. The summed E-state index contributed by atoms with van der Waals surface area (Å²) in [5.41, 5.74) is 19.4. The van der Waals surface area contributed by atoms with Gasteiger partial charge >= 0.3 is 120 Å². The van der Waals surface area contributed by atoms with E-state index in [1.165, 1.54) is 84.0 Å². The van der Waals surface area contributed by atoms with Crippen LogP contribution >= 0.6 is 27.3 Å². The summed E-state index contributed by atoms with van der Waals surface area (Å²) in [7, 11) is 12.3. The molecule has 9 rings (SSSR count). The van der Waals surface area contributed by atoms with Gasteiger partial charge in [-0.05, 0) is 141 Å². The number of aryl methyl sites for hydroxylation is 6. The molecule has 0 unspecified atom stereocenters. The Morgan fingerprint density at radius 3 is 1.30 bits per heavy atom. The molecule has 1 saturated heterocycles. The topological polar surface area (TPSA) is 6.48 Å². The third-order valence-corrected chi connectivity index (χ3v) is 21.6. The van der Waals surface area contributed by atoms with Crippen molar-refractivity contribution in [2.24, 2.45) is 0 Å². The minimum absolute atomic E-state index is 0.0465. The Hall–Kier alpha value is -2.28. The van der Waals surface area contributed by atoms with Crippen LogP contribution in [0.4, 0.5) is 11.4 Å². The number of fused-ring (bicyclic) bond motifs is 1. The van der Waals surface area contributed by atoms with Crippen LogP contribution < -0.4 is 9.80 Å². The van der Waals surface area contributed by atoms with E-state index in [1.54, 1.807) is 96.3 Å². The summed E-state index contributed by atoms with van der Waals surface area (Å²) in [6, 6.07) is 27.8. The van der Waals surface area contributed by atoms with E-state index in [1.807, 2.05) is 24.3 Å². The molecule has 4 aliphatic carbocycles. The van der Waals surface area contributed by atoms with Crippen molar-refractivity contribution in [3.8, 4) is 0 Å². The fourth-order valence-corrected chi connectivity index (χ4v) is 19.3. The van der Waals surface area contributed by atoms with Crippen molar-refractivity contribution < 1.29 is 13.5 Å². The Morgan fingerprint density at radius 2 is 0.900 bits per heavy atom. The predicted molar refractivity (Wildman–Crippen MR) is 265 cm³/mol. The first kappa shape index (κ1) is 45.7. The molecule has 0 aromatic heterocycles. The van der Waals surface area contributed by atoms with Crippen molar-refractivity contribution >= 4 is 48.4 Å². The van der Waals surface area contributed by atoms with Crippen LogP contribution in [0, 0.1) is 48.2 Å². The molecule has 2 nitrogen and oxygen atoms in total. The first-order valence-electron chi connectivity index (χ1n) is 23.2. The Morgan fingerprint density at radius 1 is 0.517 bits per heavy atom. The quantitative estimate of drug-likeness (QED) is 0.108. The van der Waals surface area contributed by atoms with Crippen molar-refractivity contribution in [3.63, 3.8) is 0 Å². The van der Waals surface area contributed by atoms with Crippen molar-refractivity contribution in [1.82, 2.24) is 0 Å². The second kappa shape index (κ2) is 21.9. The fourth-order valence-electron chi connectivity index (χ4n) is 11.6. The van der Waals surface area contributed by atoms with Gasteiger partial charge in [0.15, 0.2) is 0 Å². The molecule has 60 heavy (non-hydrogen) atoms. The zero-order chi connectivity index (χ0) is 42.2. The van der Waals surface area contributed by atoms with Crippen LogP contribution in [0.1, 0.15) is 146 Å². The van der Waals surface area contributed by atoms with Crippen LogP contribution in [0.2, 0.25) is 0 Å². The number of nitrogens with zero attached hydrogens (tertiary/aromatic N) is 2. The van der Waals surface area contributed by atoms with E-state index < -0.39 is 13.5 Å². The number of rotatable bonds is 6. The van der Waals surface area contributed by atoms with Gasteiger partial charge in [-0.3, -0.25) is 0 Å². The number of halogens is 2. The molecule has 0 atom stereocenters. The Bertz CT molecular complexity index is 1950. The van der Waals surface area contributed by atoms with E-state index in [-0.39, 0.29) is 7.92 Å². The Balaban J connectivity index is 0.000000137. The van der Waals surface area contributed by atoms with E-state index in [0.717, 1.165) is 17.2 Å². The summed E-state index contributed by atoms with van der Waals surface area (Å²) in [6.45, 7) is 17.6. The predicted octanol–water partition coefficient (Wildman–Crippen LogP) is 15.8. The van der Waals surface area contributed by atoms with Gasteiger partial charge in [0.1, 0.15) is 0 Å². The Labute approximate surface area is 378 Å². The van der Waals surface area contributed by atoms with Crippen molar-refractivity contribution in [3.05, 3.63) is 142 Å². The molecule has 324 valence electrons. The summed E-state index contributed by atoms with van der Waals surface area (Å²) in [4.78, 5) is 4.81. The zero-order valence-electron chi connectivity index (χ0n) is 37.4. The molecule has 0 amide bonds. The number of benzene rings is 4. The molecule has 0 spiro atoms. The van der Waals surface area contributed by atoms with Crippen molar-refractivity contribution in [2.75, 3.05) is 22.9 Å². The average Bonchev–Trinajstić information content (AvgIpc) is 3.88. The maximum absolute atomic E-state index is 6.19. The van der Waals surface area contributed by atoms with Crippen LogP contribution in [0.15, 0.2) is 84.9 Å². The van der Waals surface area contributed by atoms with Gasteiger partial charge in [-0.1, -0.05) is 54.7 Å². The van der Waals surface area contributed by atoms with Gasteiger partial charge in [-0.25, -0.2) is 0 Å². The zero-order valence-corrected chi connectivity index (χ0v) is 41.7. The van der Waals surface area contributed by atoms with Gasteiger partial charge in [0, 0.05) is 32.4 Å². The monoisotopic (exact) mass is 950 g/mol. The van der Waals surface area contributed by atoms with Crippen LogP contribution in [-0.4, -0.2) is 34.2 Å². The van der Waals surface area contributed by atoms with E-state index in [4.69, 9.17) is 19.4 Å². The molecule has 4 aromatic carbocycles. The standard InChI is InChI=1S/C21H27N2.C18H33P.C15H10.2ClH.Ru/c1-14-9-16(3)20(17(4)10-14)22-7-8-23(13-22)21-18(5)11-15(2)12-19(21)6;1-4-10-16(11-5-1)19(17-12-6-2-7-13-17)18-14-8-3-9-15-18;1-2-6-12(7-3-1)15-11-10-13-8-4-5-9-14(13)15;;;/h9-13H,7-8H2,1-6H3;16-18H,1-15H2;1-9,11H;2*1H;/q-1;;;;;+2/p-1. The van der Waals surface area contributed by atoms with E-state index >= 15 is 0 Å². The molecule has 0 N–H and O–H groups in total. The maximum atomic E-state index is 6.19. The fraction of sp³-hybridized carbons (Fsp3) is 0.481. The van der Waals surface area contributed by atoms with Crippen molar-refractivity contribution in [1.29, 1.82) is 0 Å². The number of hydrogen-bond acceptors (Lipinski definition) is 2. The first-order chi connectivity index (χ1) is 29.1. The van der Waals surface area contributed by atoms with Gasteiger partial charge in [-0.15, -0.1) is 0 Å². The molecule has 6 heteroatoms. The van der Waals surface area contributed by atoms with E-state index in [0.29, 0.717) is 0 Å².